The van der Waals surface area contributed by atoms with Crippen molar-refractivity contribution in [3.63, 3.8) is 0 Å². The molecule has 4 rings (SSSR count). The molecule has 2 saturated heterocycles. The normalized spacial score (nSPS) is 20.9. The SMILES string of the molecule is COc1ccc(O)c(CN2CCC3(CCC(CNC(=O)c4ccccc4)O3)CC2)c1. The number of hydrogen-bond donors (Lipinski definition) is 2. The quantitative estimate of drug-likeness (QED) is 0.764. The fraction of sp³-hybridized carbons (Fsp3) is 0.458. The number of piperidine rings is 1. The number of likely N-dealkylation sites (tertiary alicyclic amines) is 1. The van der Waals surface area contributed by atoms with Gasteiger partial charge in [0.1, 0.15) is 11.5 Å². The van der Waals surface area contributed by atoms with E-state index in [-0.39, 0.29) is 17.6 Å². The highest BCUT2D eigenvalue weighted by atomic mass is 16.5. The Balaban J connectivity index is 1.25. The highest BCUT2D eigenvalue weighted by molar-refractivity contribution is 5.94. The van der Waals surface area contributed by atoms with Crippen molar-refractivity contribution in [2.45, 2.75) is 43.9 Å². The van der Waals surface area contributed by atoms with E-state index in [0.29, 0.717) is 24.4 Å². The standard InChI is InChI=1S/C24H30N2O4/c1-29-20-7-8-22(27)19(15-20)17-26-13-11-24(12-14-26)10-9-21(30-24)16-25-23(28)18-5-3-2-4-6-18/h2-8,15,21,27H,9-14,16-17H2,1H3,(H,25,28). The summed E-state index contributed by atoms with van der Waals surface area (Å²) >= 11 is 0. The van der Waals surface area contributed by atoms with E-state index in [0.717, 1.165) is 50.1 Å². The first-order valence-corrected chi connectivity index (χ1v) is 10.7. The Hall–Kier alpha value is -2.57. The Morgan fingerprint density at radius 2 is 1.97 bits per heavy atom. The van der Waals surface area contributed by atoms with Gasteiger partial charge in [-0.3, -0.25) is 9.69 Å². The Morgan fingerprint density at radius 3 is 2.70 bits per heavy atom. The number of nitrogens with zero attached hydrogens (tertiary/aromatic N) is 1. The molecule has 160 valence electrons. The van der Waals surface area contributed by atoms with Crippen molar-refractivity contribution in [1.29, 1.82) is 0 Å². The first-order valence-electron chi connectivity index (χ1n) is 10.7. The second-order valence-corrected chi connectivity index (χ2v) is 8.31. The molecule has 6 heteroatoms. The molecule has 2 N–H and O–H groups in total. The molecule has 1 atom stereocenters. The molecule has 2 heterocycles. The fourth-order valence-corrected chi connectivity index (χ4v) is 4.48. The molecule has 2 aromatic rings. The molecule has 0 radical (unpaired) electrons. The van der Waals surface area contributed by atoms with Crippen LogP contribution in [0.5, 0.6) is 11.5 Å². The zero-order valence-corrected chi connectivity index (χ0v) is 17.5. The molecule has 0 aromatic heterocycles. The van der Waals surface area contributed by atoms with E-state index in [1.54, 1.807) is 19.2 Å². The molecule has 0 aliphatic carbocycles. The fourth-order valence-electron chi connectivity index (χ4n) is 4.48. The topological polar surface area (TPSA) is 71.0 Å². The molecule has 1 unspecified atom stereocenters. The van der Waals surface area contributed by atoms with Gasteiger partial charge in [0.2, 0.25) is 0 Å². The predicted octanol–water partition coefficient (Wildman–Crippen LogP) is 3.34. The van der Waals surface area contributed by atoms with Gasteiger partial charge in [-0.2, -0.15) is 0 Å². The molecule has 0 bridgehead atoms. The summed E-state index contributed by atoms with van der Waals surface area (Å²) in [6, 6.07) is 14.6. The zero-order chi connectivity index (χ0) is 21.0. The number of nitrogens with one attached hydrogen (secondary N) is 1. The first-order chi connectivity index (χ1) is 14.6. The average molecular weight is 411 g/mol. The maximum Gasteiger partial charge on any atom is 0.251 e. The molecule has 1 amide bonds. The number of rotatable bonds is 6. The van der Waals surface area contributed by atoms with Crippen LogP contribution in [0.3, 0.4) is 0 Å². The number of methoxy groups -OCH3 is 1. The van der Waals surface area contributed by atoms with E-state index in [1.165, 1.54) is 0 Å². The lowest BCUT2D eigenvalue weighted by Crippen LogP contribution is -2.44. The lowest BCUT2D eigenvalue weighted by Gasteiger charge is -2.39. The van der Waals surface area contributed by atoms with Crippen LogP contribution < -0.4 is 10.1 Å². The minimum absolute atomic E-state index is 0.0481. The predicted molar refractivity (Wildman–Crippen MR) is 115 cm³/mol. The number of carbonyl (C=O) groups is 1. The summed E-state index contributed by atoms with van der Waals surface area (Å²) in [7, 11) is 1.64. The Labute approximate surface area is 177 Å². The lowest BCUT2D eigenvalue weighted by atomic mass is 9.88. The van der Waals surface area contributed by atoms with Crippen molar-refractivity contribution < 1.29 is 19.4 Å². The highest BCUT2D eigenvalue weighted by Crippen LogP contribution is 2.39. The van der Waals surface area contributed by atoms with E-state index < -0.39 is 0 Å². The van der Waals surface area contributed by atoms with Gasteiger partial charge < -0.3 is 19.9 Å². The van der Waals surface area contributed by atoms with Crippen LogP contribution in [0, 0.1) is 0 Å². The van der Waals surface area contributed by atoms with Crippen molar-refractivity contribution >= 4 is 5.91 Å². The summed E-state index contributed by atoms with van der Waals surface area (Å²) in [5.41, 5.74) is 1.49. The van der Waals surface area contributed by atoms with Gasteiger partial charge in [-0.05, 0) is 56.0 Å². The van der Waals surface area contributed by atoms with Crippen LogP contribution in [-0.4, -0.2) is 54.4 Å². The number of aromatic hydroxyl groups is 1. The summed E-state index contributed by atoms with van der Waals surface area (Å²) in [6.45, 7) is 3.12. The monoisotopic (exact) mass is 410 g/mol. The van der Waals surface area contributed by atoms with Crippen molar-refractivity contribution in [1.82, 2.24) is 10.2 Å². The van der Waals surface area contributed by atoms with Crippen LogP contribution in [0.4, 0.5) is 0 Å². The van der Waals surface area contributed by atoms with E-state index in [1.807, 2.05) is 36.4 Å². The van der Waals surface area contributed by atoms with Gasteiger partial charge in [0.25, 0.3) is 5.91 Å². The van der Waals surface area contributed by atoms with Gasteiger partial charge in [0, 0.05) is 37.3 Å². The summed E-state index contributed by atoms with van der Waals surface area (Å²) in [6.07, 6.45) is 4.04. The van der Waals surface area contributed by atoms with Crippen LogP contribution in [0.25, 0.3) is 0 Å². The summed E-state index contributed by atoms with van der Waals surface area (Å²) in [5.74, 6) is 1.02. The molecule has 1 spiro atoms. The minimum atomic E-state index is -0.0743. The Morgan fingerprint density at radius 1 is 1.20 bits per heavy atom. The van der Waals surface area contributed by atoms with Crippen molar-refractivity contribution in [2.24, 2.45) is 0 Å². The van der Waals surface area contributed by atoms with E-state index in [2.05, 4.69) is 10.2 Å². The van der Waals surface area contributed by atoms with Crippen molar-refractivity contribution in [3.8, 4) is 11.5 Å². The van der Waals surface area contributed by atoms with Gasteiger partial charge in [-0.15, -0.1) is 0 Å². The van der Waals surface area contributed by atoms with Crippen LogP contribution in [0.15, 0.2) is 48.5 Å². The van der Waals surface area contributed by atoms with Crippen molar-refractivity contribution in [2.75, 3.05) is 26.7 Å². The molecule has 2 aliphatic rings. The number of carbonyl (C=O) groups excluding carboxylic acids is 1. The number of phenols is 1. The third kappa shape index (κ3) is 4.77. The second-order valence-electron chi connectivity index (χ2n) is 8.31. The molecule has 6 nitrogen and oxygen atoms in total. The summed E-state index contributed by atoms with van der Waals surface area (Å²) in [4.78, 5) is 14.6. The van der Waals surface area contributed by atoms with Crippen molar-refractivity contribution in [3.05, 3.63) is 59.7 Å². The molecule has 30 heavy (non-hydrogen) atoms. The second kappa shape index (κ2) is 9.06. The van der Waals surface area contributed by atoms with Gasteiger partial charge in [0.05, 0.1) is 18.8 Å². The smallest absolute Gasteiger partial charge is 0.251 e. The highest BCUT2D eigenvalue weighted by Gasteiger charge is 2.42. The maximum atomic E-state index is 12.3. The van der Waals surface area contributed by atoms with Crippen LogP contribution in [-0.2, 0) is 11.3 Å². The molecular formula is C24H30N2O4. The molecule has 2 aliphatic heterocycles. The largest absolute Gasteiger partial charge is 0.508 e. The Bertz CT molecular complexity index is 863. The van der Waals surface area contributed by atoms with Gasteiger partial charge in [-0.1, -0.05) is 18.2 Å². The van der Waals surface area contributed by atoms with Crippen LogP contribution in [0.1, 0.15) is 41.6 Å². The number of amides is 1. The first kappa shape index (κ1) is 20.7. The Kier molecular flexibility index (Phi) is 6.25. The van der Waals surface area contributed by atoms with E-state index >= 15 is 0 Å². The number of ether oxygens (including phenoxy) is 2. The summed E-state index contributed by atoms with van der Waals surface area (Å²) < 4.78 is 11.7. The van der Waals surface area contributed by atoms with E-state index in [4.69, 9.17) is 9.47 Å². The number of benzene rings is 2. The lowest BCUT2D eigenvalue weighted by molar-refractivity contribution is -0.0765. The molecule has 0 saturated carbocycles. The number of phenolic OH excluding ortho intramolecular Hbond substituents is 1. The minimum Gasteiger partial charge on any atom is -0.508 e. The molecule has 2 fully saturated rings. The third-order valence-electron chi connectivity index (χ3n) is 6.31. The van der Waals surface area contributed by atoms with Gasteiger partial charge >= 0.3 is 0 Å². The van der Waals surface area contributed by atoms with Crippen LogP contribution in [0.2, 0.25) is 0 Å². The maximum absolute atomic E-state index is 12.3. The van der Waals surface area contributed by atoms with Gasteiger partial charge in [0.15, 0.2) is 0 Å². The molecule has 2 aromatic carbocycles. The molecular weight excluding hydrogens is 380 g/mol. The number of hydrogen-bond acceptors (Lipinski definition) is 5. The third-order valence-corrected chi connectivity index (χ3v) is 6.31. The van der Waals surface area contributed by atoms with E-state index in [9.17, 15) is 9.90 Å². The van der Waals surface area contributed by atoms with Crippen LogP contribution >= 0.6 is 0 Å². The zero-order valence-electron chi connectivity index (χ0n) is 17.5. The van der Waals surface area contributed by atoms with Gasteiger partial charge in [-0.25, -0.2) is 0 Å². The summed E-state index contributed by atoms with van der Waals surface area (Å²) in [5, 5.41) is 13.2. The average Bonchev–Trinajstić information content (AvgIpc) is 3.18.